The van der Waals surface area contributed by atoms with Crippen LogP contribution >= 0.6 is 11.3 Å². The third-order valence-electron chi connectivity index (χ3n) is 2.83. The zero-order chi connectivity index (χ0) is 16.5. The molecule has 2 amide bonds. The molecular formula is C17H18N2O3S. The van der Waals surface area contributed by atoms with Gasteiger partial charge in [0.25, 0.3) is 11.8 Å². The highest BCUT2D eigenvalue weighted by atomic mass is 32.1. The fraction of sp³-hybridized carbons (Fsp3) is 0.176. The third kappa shape index (κ3) is 5.27. The maximum atomic E-state index is 12.1. The van der Waals surface area contributed by atoms with E-state index in [0.717, 1.165) is 11.3 Å². The Hall–Kier alpha value is -2.60. The summed E-state index contributed by atoms with van der Waals surface area (Å²) in [6.45, 7) is 2.52. The average molecular weight is 330 g/mol. The molecule has 0 aliphatic carbocycles. The van der Waals surface area contributed by atoms with Crippen molar-refractivity contribution in [3.05, 3.63) is 58.3 Å². The van der Waals surface area contributed by atoms with Gasteiger partial charge in [0.15, 0.2) is 0 Å². The van der Waals surface area contributed by atoms with E-state index in [4.69, 9.17) is 4.74 Å². The predicted octanol–water partition coefficient (Wildman–Crippen LogP) is 3.01. The molecule has 0 saturated carbocycles. The molecule has 6 heteroatoms. The molecule has 0 aliphatic rings. The van der Waals surface area contributed by atoms with Gasteiger partial charge in [0.2, 0.25) is 0 Å². The Morgan fingerprint density at radius 1 is 1.17 bits per heavy atom. The Labute approximate surface area is 139 Å². The Bertz CT molecular complexity index is 681. The lowest BCUT2D eigenvalue weighted by atomic mass is 10.2. The van der Waals surface area contributed by atoms with Crippen LogP contribution < -0.4 is 15.6 Å². The van der Waals surface area contributed by atoms with Gasteiger partial charge in [0.1, 0.15) is 5.75 Å². The Morgan fingerprint density at radius 2 is 2.00 bits per heavy atom. The summed E-state index contributed by atoms with van der Waals surface area (Å²) in [5.74, 6) is -0.330. The number of hydrogen-bond donors (Lipinski definition) is 2. The maximum absolute atomic E-state index is 12.1. The quantitative estimate of drug-likeness (QED) is 0.632. The zero-order valence-corrected chi connectivity index (χ0v) is 13.6. The molecule has 120 valence electrons. The molecule has 0 unspecified atom stereocenters. The van der Waals surface area contributed by atoms with Gasteiger partial charge in [-0.1, -0.05) is 25.1 Å². The van der Waals surface area contributed by atoms with Crippen LogP contribution in [-0.2, 0) is 4.79 Å². The summed E-state index contributed by atoms with van der Waals surface area (Å²) in [5.41, 5.74) is 5.11. The van der Waals surface area contributed by atoms with Crippen LogP contribution in [0.2, 0.25) is 0 Å². The molecule has 5 nitrogen and oxygen atoms in total. The van der Waals surface area contributed by atoms with Gasteiger partial charge in [-0.05, 0) is 36.1 Å². The van der Waals surface area contributed by atoms with Gasteiger partial charge in [-0.3, -0.25) is 20.4 Å². The average Bonchev–Trinajstić information content (AvgIpc) is 3.09. The van der Waals surface area contributed by atoms with Crippen molar-refractivity contribution in [3.63, 3.8) is 0 Å². The summed E-state index contributed by atoms with van der Waals surface area (Å²) in [6, 6.07) is 10.7. The molecule has 23 heavy (non-hydrogen) atoms. The minimum Gasteiger partial charge on any atom is -0.493 e. The lowest BCUT2D eigenvalue weighted by Gasteiger charge is -2.11. The van der Waals surface area contributed by atoms with E-state index in [1.807, 2.05) is 24.4 Å². The lowest BCUT2D eigenvalue weighted by molar-refractivity contribution is -0.117. The fourth-order valence-electron chi connectivity index (χ4n) is 1.76. The van der Waals surface area contributed by atoms with Gasteiger partial charge in [0.05, 0.1) is 12.2 Å². The number of hydrogen-bond acceptors (Lipinski definition) is 4. The largest absolute Gasteiger partial charge is 0.493 e. The van der Waals surface area contributed by atoms with Gasteiger partial charge >= 0.3 is 0 Å². The van der Waals surface area contributed by atoms with E-state index < -0.39 is 11.8 Å². The monoisotopic (exact) mass is 330 g/mol. The number of ether oxygens (including phenoxy) is 1. The molecule has 2 rings (SSSR count). The van der Waals surface area contributed by atoms with Crippen LogP contribution in [-0.4, -0.2) is 18.4 Å². The molecule has 1 heterocycles. The number of benzene rings is 1. The van der Waals surface area contributed by atoms with Gasteiger partial charge in [0, 0.05) is 11.0 Å². The molecule has 0 radical (unpaired) electrons. The molecule has 2 aromatic rings. The SMILES string of the molecule is CCCOc1ccccc1C(=O)NNC(=O)/C=C/c1cccs1. The summed E-state index contributed by atoms with van der Waals surface area (Å²) in [5, 5.41) is 1.92. The van der Waals surface area contributed by atoms with Crippen molar-refractivity contribution in [2.75, 3.05) is 6.61 Å². The van der Waals surface area contributed by atoms with Crippen LogP contribution in [0.25, 0.3) is 6.08 Å². The van der Waals surface area contributed by atoms with Crippen molar-refractivity contribution in [1.82, 2.24) is 10.9 Å². The second-order valence-corrected chi connectivity index (χ2v) is 5.62. The predicted molar refractivity (Wildman–Crippen MR) is 91.2 cm³/mol. The first-order valence-electron chi connectivity index (χ1n) is 7.24. The molecule has 0 atom stereocenters. The van der Waals surface area contributed by atoms with Gasteiger partial charge in [-0.25, -0.2) is 0 Å². The Morgan fingerprint density at radius 3 is 2.74 bits per heavy atom. The number of thiophene rings is 1. The number of carbonyl (C=O) groups is 2. The second-order valence-electron chi connectivity index (χ2n) is 4.64. The first-order valence-corrected chi connectivity index (χ1v) is 8.12. The highest BCUT2D eigenvalue weighted by Gasteiger charge is 2.12. The number of para-hydroxylation sites is 1. The van der Waals surface area contributed by atoms with E-state index in [1.54, 1.807) is 30.3 Å². The smallest absolute Gasteiger partial charge is 0.273 e. The molecule has 0 spiro atoms. The molecule has 1 aromatic carbocycles. The first kappa shape index (κ1) is 16.8. The first-order chi connectivity index (χ1) is 11.2. The van der Waals surface area contributed by atoms with E-state index in [2.05, 4.69) is 10.9 Å². The van der Waals surface area contributed by atoms with Crippen LogP contribution in [0.1, 0.15) is 28.6 Å². The van der Waals surface area contributed by atoms with Crippen LogP contribution in [0, 0.1) is 0 Å². The number of hydrazine groups is 1. The standard InChI is InChI=1S/C17H18N2O3S/c1-2-11-22-15-8-4-3-7-14(15)17(21)19-18-16(20)10-9-13-6-5-12-23-13/h3-10,12H,2,11H2,1H3,(H,18,20)(H,19,21)/b10-9+. The second kappa shape index (κ2) is 8.75. The van der Waals surface area contributed by atoms with Gasteiger partial charge in [-0.15, -0.1) is 11.3 Å². The molecule has 2 N–H and O–H groups in total. The van der Waals surface area contributed by atoms with Crippen molar-refractivity contribution < 1.29 is 14.3 Å². The normalized spacial score (nSPS) is 10.5. The summed E-state index contributed by atoms with van der Waals surface area (Å²) in [4.78, 5) is 24.8. The number of carbonyl (C=O) groups excluding carboxylic acids is 2. The lowest BCUT2D eigenvalue weighted by Crippen LogP contribution is -2.40. The van der Waals surface area contributed by atoms with Crippen molar-refractivity contribution >= 4 is 29.2 Å². The minimum atomic E-state index is -0.422. The van der Waals surface area contributed by atoms with E-state index in [1.165, 1.54) is 17.4 Å². The van der Waals surface area contributed by atoms with Crippen LogP contribution in [0.4, 0.5) is 0 Å². The summed E-state index contributed by atoms with van der Waals surface area (Å²) >= 11 is 1.53. The van der Waals surface area contributed by atoms with Gasteiger partial charge < -0.3 is 4.74 Å². The van der Waals surface area contributed by atoms with Crippen LogP contribution in [0.5, 0.6) is 5.75 Å². The van der Waals surface area contributed by atoms with E-state index in [9.17, 15) is 9.59 Å². The fourth-order valence-corrected chi connectivity index (χ4v) is 2.38. The van der Waals surface area contributed by atoms with Crippen molar-refractivity contribution in [2.24, 2.45) is 0 Å². The summed E-state index contributed by atoms with van der Waals surface area (Å²) in [6.07, 6.45) is 3.90. The van der Waals surface area contributed by atoms with Crippen LogP contribution in [0.3, 0.4) is 0 Å². The molecule has 0 fully saturated rings. The number of amides is 2. The highest BCUT2D eigenvalue weighted by molar-refractivity contribution is 7.10. The highest BCUT2D eigenvalue weighted by Crippen LogP contribution is 2.17. The maximum Gasteiger partial charge on any atom is 0.273 e. The van der Waals surface area contributed by atoms with Crippen molar-refractivity contribution in [3.8, 4) is 5.75 Å². The Kier molecular flexibility index (Phi) is 6.38. The number of nitrogens with one attached hydrogen (secondary N) is 2. The number of rotatable bonds is 6. The van der Waals surface area contributed by atoms with Crippen LogP contribution in [0.15, 0.2) is 47.9 Å². The van der Waals surface area contributed by atoms with Crippen molar-refractivity contribution in [1.29, 1.82) is 0 Å². The summed E-state index contributed by atoms with van der Waals surface area (Å²) in [7, 11) is 0. The molecule has 0 saturated heterocycles. The molecule has 1 aromatic heterocycles. The topological polar surface area (TPSA) is 67.4 Å². The Balaban J connectivity index is 1.90. The minimum absolute atomic E-state index is 0.378. The zero-order valence-electron chi connectivity index (χ0n) is 12.7. The molecular weight excluding hydrogens is 312 g/mol. The van der Waals surface area contributed by atoms with Gasteiger partial charge in [-0.2, -0.15) is 0 Å². The molecule has 0 aliphatic heterocycles. The van der Waals surface area contributed by atoms with E-state index in [-0.39, 0.29) is 0 Å². The van der Waals surface area contributed by atoms with Crippen molar-refractivity contribution in [2.45, 2.75) is 13.3 Å². The van der Waals surface area contributed by atoms with E-state index in [0.29, 0.717) is 17.9 Å². The molecule has 0 bridgehead atoms. The third-order valence-corrected chi connectivity index (χ3v) is 3.67. The summed E-state index contributed by atoms with van der Waals surface area (Å²) < 4.78 is 5.52. The van der Waals surface area contributed by atoms with E-state index >= 15 is 0 Å².